The van der Waals surface area contributed by atoms with Gasteiger partial charge in [0.15, 0.2) is 0 Å². The molecule has 0 saturated carbocycles. The Morgan fingerprint density at radius 2 is 2.00 bits per heavy atom. The zero-order valence-corrected chi connectivity index (χ0v) is 10.7. The van der Waals surface area contributed by atoms with Gasteiger partial charge in [-0.25, -0.2) is 0 Å². The molecular weight excluding hydrogens is 214 g/mol. The van der Waals surface area contributed by atoms with Gasteiger partial charge in [-0.2, -0.15) is 0 Å². The highest BCUT2D eigenvalue weighted by Gasteiger charge is 2.43. The van der Waals surface area contributed by atoms with E-state index in [2.05, 4.69) is 11.9 Å². The predicted molar refractivity (Wildman–Crippen MR) is 59.2 cm³/mol. The van der Waals surface area contributed by atoms with Gasteiger partial charge in [0.25, 0.3) is 0 Å². The van der Waals surface area contributed by atoms with Crippen molar-refractivity contribution in [1.29, 1.82) is 0 Å². The third-order valence-electron chi connectivity index (χ3n) is 1.98. The number of carbonyl (C=O) groups is 1. The van der Waals surface area contributed by atoms with E-state index in [9.17, 15) is 4.79 Å². The minimum absolute atomic E-state index is 0.0664. The second-order valence-electron chi connectivity index (χ2n) is 3.20. The Balaban J connectivity index is 4.18. The van der Waals surface area contributed by atoms with Crippen LogP contribution < -0.4 is 5.32 Å². The maximum atomic E-state index is 10.9. The molecule has 0 aromatic carbocycles. The van der Waals surface area contributed by atoms with Crippen molar-refractivity contribution in [2.24, 2.45) is 0 Å². The number of amides is 1. The van der Waals surface area contributed by atoms with Crippen LogP contribution in [0.25, 0.3) is 0 Å². The van der Waals surface area contributed by atoms with E-state index in [0.717, 1.165) is 0 Å². The largest absolute Gasteiger partial charge is 0.504 e. The van der Waals surface area contributed by atoms with E-state index in [4.69, 9.17) is 13.3 Å². The van der Waals surface area contributed by atoms with E-state index < -0.39 is 8.80 Å². The van der Waals surface area contributed by atoms with Crippen LogP contribution in [0.4, 0.5) is 0 Å². The van der Waals surface area contributed by atoms with Crippen LogP contribution in [0.5, 0.6) is 0 Å². The van der Waals surface area contributed by atoms with Crippen molar-refractivity contribution in [2.75, 3.05) is 21.0 Å². The van der Waals surface area contributed by atoms with Crippen molar-refractivity contribution in [3.63, 3.8) is 0 Å². The highest BCUT2D eigenvalue weighted by Crippen LogP contribution is 2.22. The molecule has 0 aliphatic carbocycles. The summed E-state index contributed by atoms with van der Waals surface area (Å²) in [7, 11) is 0.444. The summed E-state index contributed by atoms with van der Waals surface area (Å²) in [5, 5.41) is 2.51. The van der Waals surface area contributed by atoms with Gasteiger partial charge in [-0.1, -0.05) is 20.4 Å². The lowest BCUT2D eigenvalue weighted by Gasteiger charge is -2.29. The van der Waals surface area contributed by atoms with Gasteiger partial charge in [0.05, 0.1) is 0 Å². The lowest BCUT2D eigenvalue weighted by molar-refractivity contribution is -0.117. The van der Waals surface area contributed by atoms with Gasteiger partial charge in [0, 0.05) is 19.8 Å². The molecule has 0 unspecified atom stereocenters. The molecule has 0 aromatic heterocycles. The highest BCUT2D eigenvalue weighted by atomic mass is 28.4. The van der Waals surface area contributed by atoms with Crippen molar-refractivity contribution in [2.45, 2.75) is 19.4 Å². The molecule has 1 N–H and O–H groups in total. The summed E-state index contributed by atoms with van der Waals surface area (Å²) in [4.78, 5) is 10.9. The van der Waals surface area contributed by atoms with E-state index in [1.54, 1.807) is 14.2 Å². The molecule has 0 bridgehead atoms. The van der Waals surface area contributed by atoms with E-state index in [-0.39, 0.29) is 18.2 Å². The first-order valence-corrected chi connectivity index (χ1v) is 6.47. The molecule has 0 fully saturated rings. The first kappa shape index (κ1) is 14.3. The third-order valence-corrected chi connectivity index (χ3v) is 5.08. The van der Waals surface area contributed by atoms with Gasteiger partial charge < -0.3 is 18.6 Å². The Morgan fingerprint density at radius 1 is 1.47 bits per heavy atom. The quantitative estimate of drug-likeness (QED) is 0.403. The van der Waals surface area contributed by atoms with Crippen LogP contribution in [0.2, 0.25) is 5.54 Å². The van der Waals surface area contributed by atoms with Crippen LogP contribution in [0.15, 0.2) is 12.7 Å². The number of hydrogen-bond acceptors (Lipinski definition) is 4. The SMILES string of the molecule is C=CC(=O)NCO[Si](OC)(OC)C(C)C. The summed E-state index contributed by atoms with van der Waals surface area (Å²) in [6, 6.07) is 0. The Labute approximate surface area is 91.8 Å². The Kier molecular flexibility index (Phi) is 6.42. The predicted octanol–water partition coefficient (Wildman–Crippen LogP) is 0.904. The molecular formula is C9H19NO4Si. The summed E-state index contributed by atoms with van der Waals surface area (Å²) in [6.07, 6.45) is 1.18. The number of rotatable bonds is 7. The maximum absolute atomic E-state index is 10.9. The molecule has 0 saturated heterocycles. The van der Waals surface area contributed by atoms with Crippen LogP contribution >= 0.6 is 0 Å². The smallest absolute Gasteiger partial charge is 0.377 e. The first-order chi connectivity index (χ1) is 7.02. The molecule has 0 aliphatic rings. The minimum atomic E-state index is -2.65. The van der Waals surface area contributed by atoms with Gasteiger partial charge >= 0.3 is 8.80 Å². The molecule has 0 aliphatic heterocycles. The molecule has 5 nitrogen and oxygen atoms in total. The molecule has 15 heavy (non-hydrogen) atoms. The monoisotopic (exact) mass is 233 g/mol. The molecule has 0 spiro atoms. The van der Waals surface area contributed by atoms with Gasteiger partial charge in [0.2, 0.25) is 5.91 Å². The second kappa shape index (κ2) is 6.73. The van der Waals surface area contributed by atoms with Crippen LogP contribution in [0.3, 0.4) is 0 Å². The Morgan fingerprint density at radius 3 is 2.33 bits per heavy atom. The second-order valence-corrected chi connectivity index (χ2v) is 6.67. The minimum Gasteiger partial charge on any atom is -0.377 e. The van der Waals surface area contributed by atoms with Gasteiger partial charge in [-0.05, 0) is 6.08 Å². The Hall–Kier alpha value is -0.693. The summed E-state index contributed by atoms with van der Waals surface area (Å²) in [5.41, 5.74) is 0.133. The number of nitrogens with one attached hydrogen (secondary N) is 1. The fraction of sp³-hybridized carbons (Fsp3) is 0.667. The van der Waals surface area contributed by atoms with E-state index >= 15 is 0 Å². The van der Waals surface area contributed by atoms with Gasteiger partial charge in [0.1, 0.15) is 6.73 Å². The average Bonchev–Trinajstić information content (AvgIpc) is 2.24. The molecule has 0 heterocycles. The van der Waals surface area contributed by atoms with Crippen molar-refractivity contribution in [1.82, 2.24) is 5.32 Å². The molecule has 6 heteroatoms. The first-order valence-electron chi connectivity index (χ1n) is 4.67. The van der Waals surface area contributed by atoms with Crippen molar-refractivity contribution in [3.05, 3.63) is 12.7 Å². The number of carbonyl (C=O) groups excluding carboxylic acids is 1. The van der Waals surface area contributed by atoms with E-state index in [1.807, 2.05) is 13.8 Å². The zero-order valence-electron chi connectivity index (χ0n) is 9.70. The van der Waals surface area contributed by atoms with Crippen LogP contribution in [0, 0.1) is 0 Å². The zero-order chi connectivity index (χ0) is 11.9. The summed E-state index contributed by atoms with van der Waals surface area (Å²) >= 11 is 0. The van der Waals surface area contributed by atoms with E-state index in [0.29, 0.717) is 0 Å². The Bertz CT molecular complexity index is 216. The topological polar surface area (TPSA) is 56.8 Å². The van der Waals surface area contributed by atoms with Crippen molar-refractivity contribution >= 4 is 14.7 Å². The molecule has 0 aromatic rings. The van der Waals surface area contributed by atoms with Gasteiger partial charge in [-0.3, -0.25) is 4.79 Å². The summed E-state index contributed by atoms with van der Waals surface area (Å²) in [6.45, 7) is 7.30. The van der Waals surface area contributed by atoms with E-state index in [1.165, 1.54) is 6.08 Å². The summed E-state index contributed by atoms with van der Waals surface area (Å²) in [5.74, 6) is -0.283. The summed E-state index contributed by atoms with van der Waals surface area (Å²) < 4.78 is 16.0. The third kappa shape index (κ3) is 4.13. The fourth-order valence-corrected chi connectivity index (χ4v) is 3.07. The highest BCUT2D eigenvalue weighted by molar-refractivity contribution is 6.62. The van der Waals surface area contributed by atoms with Crippen molar-refractivity contribution in [3.8, 4) is 0 Å². The average molecular weight is 233 g/mol. The molecule has 0 atom stereocenters. The maximum Gasteiger partial charge on any atom is 0.504 e. The van der Waals surface area contributed by atoms with Gasteiger partial charge in [-0.15, -0.1) is 0 Å². The standard InChI is InChI=1S/C9H19NO4Si/c1-6-9(11)10-7-14-15(12-4,13-5)8(2)3/h6,8H,1,7H2,2-5H3,(H,10,11). The lowest BCUT2D eigenvalue weighted by atomic mass is 10.6. The molecule has 88 valence electrons. The van der Waals surface area contributed by atoms with Crippen LogP contribution in [-0.2, 0) is 18.1 Å². The van der Waals surface area contributed by atoms with Crippen LogP contribution in [0.1, 0.15) is 13.8 Å². The number of hydrogen-bond donors (Lipinski definition) is 1. The molecule has 0 radical (unpaired) electrons. The normalized spacial score (nSPS) is 11.5. The fourth-order valence-electron chi connectivity index (χ4n) is 1.12. The van der Waals surface area contributed by atoms with Crippen molar-refractivity contribution < 1.29 is 18.1 Å². The molecule has 0 rings (SSSR count). The van der Waals surface area contributed by atoms with Crippen LogP contribution in [-0.4, -0.2) is 35.7 Å². The lowest BCUT2D eigenvalue weighted by Crippen LogP contribution is -2.49. The molecule has 1 amide bonds.